The van der Waals surface area contributed by atoms with Crippen molar-refractivity contribution in [2.45, 2.75) is 57.9 Å². The number of aliphatic carboxylic acids is 1. The van der Waals surface area contributed by atoms with Crippen LogP contribution in [0.3, 0.4) is 0 Å². The van der Waals surface area contributed by atoms with Crippen molar-refractivity contribution in [2.24, 2.45) is 11.8 Å². The number of anilines is 1. The van der Waals surface area contributed by atoms with Crippen molar-refractivity contribution in [3.8, 4) is 22.4 Å². The molecule has 3 aromatic rings. The van der Waals surface area contributed by atoms with Gasteiger partial charge in [-0.2, -0.15) is 4.39 Å². The Labute approximate surface area is 230 Å². The monoisotopic (exact) mass is 550 g/mol. The van der Waals surface area contributed by atoms with Crippen LogP contribution < -0.4 is 10.2 Å². The van der Waals surface area contributed by atoms with Gasteiger partial charge in [0.05, 0.1) is 13.0 Å². The third-order valence-corrected chi connectivity index (χ3v) is 8.51. The third-order valence-electron chi connectivity index (χ3n) is 7.66. The first-order valence-corrected chi connectivity index (χ1v) is 14.1. The van der Waals surface area contributed by atoms with E-state index in [0.29, 0.717) is 41.6 Å². The molecule has 3 heterocycles. The van der Waals surface area contributed by atoms with Crippen LogP contribution in [0, 0.1) is 17.0 Å². The molecule has 1 aliphatic heterocycles. The molecule has 1 atom stereocenters. The highest BCUT2D eigenvalue weighted by Gasteiger charge is 2.28. The van der Waals surface area contributed by atoms with Crippen LogP contribution in [0.5, 0.6) is 0 Å². The zero-order valence-electron chi connectivity index (χ0n) is 21.8. The molecule has 0 unspecified atom stereocenters. The van der Waals surface area contributed by atoms with Crippen LogP contribution in [0.15, 0.2) is 36.5 Å². The lowest BCUT2D eigenvalue weighted by atomic mass is 9.90. The summed E-state index contributed by atoms with van der Waals surface area (Å²) in [5.74, 6) is -0.895. The summed E-state index contributed by atoms with van der Waals surface area (Å²) in [5, 5.41) is 12.0. The van der Waals surface area contributed by atoms with Crippen molar-refractivity contribution < 1.29 is 23.9 Å². The maximum absolute atomic E-state index is 15.2. The number of thiazole rings is 1. The van der Waals surface area contributed by atoms with Gasteiger partial charge >= 0.3 is 5.97 Å². The normalized spacial score (nSPS) is 16.3. The van der Waals surface area contributed by atoms with E-state index in [1.54, 1.807) is 24.2 Å². The molecule has 10 heteroatoms. The molecule has 2 amide bonds. The molecule has 2 N–H and O–H groups in total. The quantitative estimate of drug-likeness (QED) is 0.378. The van der Waals surface area contributed by atoms with Gasteiger partial charge < -0.3 is 10.4 Å². The van der Waals surface area contributed by atoms with Crippen molar-refractivity contribution >= 4 is 34.9 Å². The fourth-order valence-electron chi connectivity index (χ4n) is 5.64. The molecular weight excluding hydrogens is 519 g/mol. The maximum atomic E-state index is 15.2. The van der Waals surface area contributed by atoms with Crippen LogP contribution >= 0.6 is 11.3 Å². The van der Waals surface area contributed by atoms with Gasteiger partial charge in [-0.25, -0.2) is 9.97 Å². The molecular formula is C29H31FN4O4S. The van der Waals surface area contributed by atoms with Gasteiger partial charge in [0.25, 0.3) is 0 Å². The van der Waals surface area contributed by atoms with E-state index in [2.05, 4.69) is 15.3 Å². The highest BCUT2D eigenvalue weighted by atomic mass is 32.1. The minimum atomic E-state index is -0.998. The minimum Gasteiger partial charge on any atom is -0.481 e. The van der Waals surface area contributed by atoms with Gasteiger partial charge in [0, 0.05) is 36.7 Å². The number of carbonyl (C=O) groups is 3. The second-order valence-corrected chi connectivity index (χ2v) is 11.4. The molecule has 8 nitrogen and oxygen atoms in total. The number of nitrogens with one attached hydrogen (secondary N) is 1. The average Bonchev–Trinajstić information content (AvgIpc) is 3.58. The number of hydrogen-bond acceptors (Lipinski definition) is 6. The summed E-state index contributed by atoms with van der Waals surface area (Å²) in [4.78, 5) is 46.9. The summed E-state index contributed by atoms with van der Waals surface area (Å²) in [6.45, 7) is 0.0319. The smallest absolute Gasteiger partial charge is 0.304 e. The number of amides is 2. The number of aryl methyl sites for hydroxylation is 1. The van der Waals surface area contributed by atoms with Crippen LogP contribution in [0.4, 0.5) is 10.2 Å². The van der Waals surface area contributed by atoms with Crippen LogP contribution in [0.1, 0.15) is 55.5 Å². The van der Waals surface area contributed by atoms with E-state index in [0.717, 1.165) is 53.7 Å². The zero-order valence-corrected chi connectivity index (χ0v) is 22.6. The molecule has 1 aromatic carbocycles. The second kappa shape index (κ2) is 11.6. The number of pyridine rings is 1. The van der Waals surface area contributed by atoms with E-state index in [1.807, 2.05) is 24.3 Å². The average molecular weight is 551 g/mol. The Kier molecular flexibility index (Phi) is 8.02. The maximum Gasteiger partial charge on any atom is 0.304 e. The lowest BCUT2D eigenvalue weighted by molar-refractivity contribution is -0.141. The molecule has 1 saturated carbocycles. The number of carboxylic acids is 1. The summed E-state index contributed by atoms with van der Waals surface area (Å²) < 4.78 is 15.2. The molecule has 5 rings (SSSR count). The third kappa shape index (κ3) is 6.00. The van der Waals surface area contributed by atoms with E-state index >= 15 is 4.39 Å². The number of hydrogen-bond donors (Lipinski definition) is 2. The first kappa shape index (κ1) is 26.9. The number of halogens is 1. The van der Waals surface area contributed by atoms with Crippen LogP contribution in [-0.4, -0.2) is 39.9 Å². The van der Waals surface area contributed by atoms with E-state index in [-0.39, 0.29) is 30.5 Å². The first-order chi connectivity index (χ1) is 18.8. The summed E-state index contributed by atoms with van der Waals surface area (Å²) in [6.07, 6.45) is 7.33. The molecule has 204 valence electrons. The van der Waals surface area contributed by atoms with Crippen molar-refractivity contribution in [1.82, 2.24) is 15.3 Å². The summed E-state index contributed by atoms with van der Waals surface area (Å²) in [5.41, 5.74) is 3.33. The molecule has 0 radical (unpaired) electrons. The number of rotatable bonds is 9. The summed E-state index contributed by atoms with van der Waals surface area (Å²) >= 11 is 0.868. The number of aromatic nitrogens is 2. The lowest BCUT2D eigenvalue weighted by Crippen LogP contribution is -2.32. The molecule has 0 saturated heterocycles. The molecule has 1 aliphatic carbocycles. The zero-order chi connectivity index (χ0) is 27.5. The molecule has 39 heavy (non-hydrogen) atoms. The van der Waals surface area contributed by atoms with Gasteiger partial charge in [-0.3, -0.25) is 19.3 Å². The van der Waals surface area contributed by atoms with Gasteiger partial charge in [-0.15, -0.1) is 0 Å². The molecule has 2 aromatic heterocycles. The predicted octanol–water partition coefficient (Wildman–Crippen LogP) is 5.21. The Hall–Kier alpha value is -3.66. The van der Waals surface area contributed by atoms with E-state index < -0.39 is 17.0 Å². The van der Waals surface area contributed by atoms with Gasteiger partial charge in [0.2, 0.25) is 16.9 Å². The SMILES string of the molecule is CN1C(=O)CCc2cc(-c3ccccc3-c3nc(CNC(=O)[C@@H](CC(=O)O)CC4CCCC4)sc3F)cnc21. The highest BCUT2D eigenvalue weighted by molar-refractivity contribution is 7.10. The van der Waals surface area contributed by atoms with Crippen molar-refractivity contribution in [2.75, 3.05) is 11.9 Å². The number of benzene rings is 1. The Balaban J connectivity index is 1.34. The Morgan fingerprint density at radius 2 is 1.95 bits per heavy atom. The number of carboxylic acid groups (broad SMARTS) is 1. The molecule has 0 spiro atoms. The fraction of sp³-hybridized carbons (Fsp3) is 0.414. The van der Waals surface area contributed by atoms with E-state index in [9.17, 15) is 19.5 Å². The largest absolute Gasteiger partial charge is 0.481 e. The Morgan fingerprint density at radius 1 is 1.21 bits per heavy atom. The molecule has 2 aliphatic rings. The van der Waals surface area contributed by atoms with Gasteiger partial charge in [-0.1, -0.05) is 61.3 Å². The predicted molar refractivity (Wildman–Crippen MR) is 147 cm³/mol. The van der Waals surface area contributed by atoms with E-state index in [4.69, 9.17) is 0 Å². The van der Waals surface area contributed by atoms with Crippen molar-refractivity contribution in [1.29, 1.82) is 0 Å². The summed E-state index contributed by atoms with van der Waals surface area (Å²) in [7, 11) is 1.71. The minimum absolute atomic E-state index is 0.0279. The standard InChI is InChI=1S/C29H31FN4O4S/c1-34-24(35)11-10-18-13-20(15-31-28(18)34)21-8-4-5-9-22(21)26-27(30)39-23(33-26)16-32-29(38)19(14-25(36)37)12-17-6-2-3-7-17/h4-5,8-9,13,15,17,19H,2-3,6-7,10-12,14,16H2,1H3,(H,32,38)(H,36,37)/t19-/m1/s1. The number of carbonyl (C=O) groups excluding carboxylic acids is 2. The van der Waals surface area contributed by atoms with Gasteiger partial charge in [0.15, 0.2) is 0 Å². The number of nitrogens with zero attached hydrogens (tertiary/aromatic N) is 3. The lowest BCUT2D eigenvalue weighted by Gasteiger charge is -2.25. The van der Waals surface area contributed by atoms with Gasteiger partial charge in [-0.05, 0) is 36.0 Å². The number of fused-ring (bicyclic) bond motifs is 1. The topological polar surface area (TPSA) is 112 Å². The Bertz CT molecular complexity index is 1400. The van der Waals surface area contributed by atoms with Crippen LogP contribution in [-0.2, 0) is 27.3 Å². The molecule has 0 bridgehead atoms. The Morgan fingerprint density at radius 3 is 2.69 bits per heavy atom. The summed E-state index contributed by atoms with van der Waals surface area (Å²) in [6, 6.07) is 9.36. The van der Waals surface area contributed by atoms with Gasteiger partial charge in [0.1, 0.15) is 16.5 Å². The van der Waals surface area contributed by atoms with Crippen LogP contribution in [0.2, 0.25) is 0 Å². The fourth-order valence-corrected chi connectivity index (χ4v) is 6.38. The molecule has 1 fully saturated rings. The second-order valence-electron chi connectivity index (χ2n) is 10.3. The van der Waals surface area contributed by atoms with E-state index in [1.165, 1.54) is 0 Å². The van der Waals surface area contributed by atoms with Crippen LogP contribution in [0.25, 0.3) is 22.4 Å². The van der Waals surface area contributed by atoms with Crippen molar-refractivity contribution in [3.05, 3.63) is 52.2 Å². The van der Waals surface area contributed by atoms with Crippen molar-refractivity contribution in [3.63, 3.8) is 0 Å². The highest BCUT2D eigenvalue weighted by Crippen LogP contribution is 2.37. The first-order valence-electron chi connectivity index (χ1n) is 13.3.